The van der Waals surface area contributed by atoms with Gasteiger partial charge in [-0.1, -0.05) is 32.9 Å². The molecule has 1 aromatic carbocycles. The number of hydrogen-bond acceptors (Lipinski definition) is 4. The Morgan fingerprint density at radius 3 is 2.28 bits per heavy atom. The van der Waals surface area contributed by atoms with Gasteiger partial charge in [-0.25, -0.2) is 0 Å². The maximum absolute atomic E-state index is 12.5. The van der Waals surface area contributed by atoms with Gasteiger partial charge in [-0.3, -0.25) is 14.5 Å². The van der Waals surface area contributed by atoms with Crippen LogP contribution in [-0.2, 0) is 10.2 Å². The number of carbonyl (C=O) groups excluding carboxylic acids is 2. The van der Waals surface area contributed by atoms with E-state index in [1.54, 1.807) is 0 Å². The summed E-state index contributed by atoms with van der Waals surface area (Å²) in [6.45, 7) is 12.1. The van der Waals surface area contributed by atoms with Crippen molar-refractivity contribution in [2.24, 2.45) is 0 Å². The largest absolute Gasteiger partial charge is 0.343 e. The molecule has 1 unspecified atom stereocenters. The van der Waals surface area contributed by atoms with Gasteiger partial charge in [0, 0.05) is 44.3 Å². The molecule has 2 fully saturated rings. The lowest BCUT2D eigenvalue weighted by Crippen LogP contribution is -2.56. The molecule has 2 aliphatic rings. The lowest BCUT2D eigenvalue weighted by Gasteiger charge is -2.42. The van der Waals surface area contributed by atoms with Crippen molar-refractivity contribution < 1.29 is 9.59 Å². The van der Waals surface area contributed by atoms with E-state index >= 15 is 0 Å². The Hall–Kier alpha value is -1.92. The van der Waals surface area contributed by atoms with Gasteiger partial charge in [-0.15, -0.1) is 0 Å². The maximum atomic E-state index is 12.5. The van der Waals surface area contributed by atoms with Crippen molar-refractivity contribution in [3.05, 3.63) is 35.4 Å². The number of nitrogens with one attached hydrogen (secondary N) is 1. The fraction of sp³-hybridized carbons (Fsp3) is 0.652. The van der Waals surface area contributed by atoms with Crippen molar-refractivity contribution in [1.82, 2.24) is 20.0 Å². The summed E-state index contributed by atoms with van der Waals surface area (Å²) in [5, 5.41) is 2.78. The molecule has 0 radical (unpaired) electrons. The second-order valence-electron chi connectivity index (χ2n) is 9.49. The Labute approximate surface area is 175 Å². The molecule has 0 aliphatic carbocycles. The second-order valence-corrected chi connectivity index (χ2v) is 9.49. The zero-order valence-electron chi connectivity index (χ0n) is 18.4. The van der Waals surface area contributed by atoms with Crippen LogP contribution >= 0.6 is 0 Å². The summed E-state index contributed by atoms with van der Waals surface area (Å²) in [6, 6.07) is 8.25. The molecule has 1 N–H and O–H groups in total. The summed E-state index contributed by atoms with van der Waals surface area (Å²) in [6.07, 6.45) is 2.51. The zero-order valence-corrected chi connectivity index (χ0v) is 18.4. The molecule has 6 heteroatoms. The topological polar surface area (TPSA) is 55.9 Å². The van der Waals surface area contributed by atoms with Gasteiger partial charge in [0.25, 0.3) is 5.91 Å². The van der Waals surface area contributed by atoms with E-state index in [4.69, 9.17) is 0 Å². The Morgan fingerprint density at radius 2 is 1.69 bits per heavy atom. The SMILES string of the molecule is CN1CCCC(N2CCN(C(=O)CNC(=O)c3ccc(C(C)(C)C)cc3)CC2)C1. The van der Waals surface area contributed by atoms with Crippen molar-refractivity contribution in [3.63, 3.8) is 0 Å². The first-order valence-corrected chi connectivity index (χ1v) is 10.8. The molecule has 0 aromatic heterocycles. The molecule has 1 aromatic rings. The quantitative estimate of drug-likeness (QED) is 0.839. The van der Waals surface area contributed by atoms with Crippen LogP contribution in [0.3, 0.4) is 0 Å². The number of likely N-dealkylation sites (N-methyl/N-ethyl adjacent to an activating group) is 1. The molecular formula is C23H36N4O2. The van der Waals surface area contributed by atoms with Crippen molar-refractivity contribution >= 4 is 11.8 Å². The number of nitrogens with zero attached hydrogens (tertiary/aromatic N) is 3. The van der Waals surface area contributed by atoms with Gasteiger partial charge in [0.2, 0.25) is 5.91 Å². The highest BCUT2D eigenvalue weighted by atomic mass is 16.2. The molecule has 0 bridgehead atoms. The monoisotopic (exact) mass is 400 g/mol. The molecular weight excluding hydrogens is 364 g/mol. The minimum absolute atomic E-state index is 0.00470. The second kappa shape index (κ2) is 9.26. The minimum Gasteiger partial charge on any atom is -0.343 e. The number of rotatable bonds is 4. The van der Waals surface area contributed by atoms with Gasteiger partial charge in [0.1, 0.15) is 0 Å². The van der Waals surface area contributed by atoms with Crippen molar-refractivity contribution in [3.8, 4) is 0 Å². The van der Waals surface area contributed by atoms with Crippen LogP contribution in [0.2, 0.25) is 0 Å². The van der Waals surface area contributed by atoms with Crippen LogP contribution in [0.25, 0.3) is 0 Å². The van der Waals surface area contributed by atoms with Gasteiger partial charge < -0.3 is 15.1 Å². The lowest BCUT2D eigenvalue weighted by molar-refractivity contribution is -0.132. The van der Waals surface area contributed by atoms with E-state index in [0.29, 0.717) is 11.6 Å². The van der Waals surface area contributed by atoms with Gasteiger partial charge in [-0.2, -0.15) is 0 Å². The molecule has 0 spiro atoms. The molecule has 2 saturated heterocycles. The lowest BCUT2D eigenvalue weighted by atomic mass is 9.87. The zero-order chi connectivity index (χ0) is 21.0. The molecule has 2 amide bonds. The number of piperazine rings is 1. The first-order chi connectivity index (χ1) is 13.7. The third-order valence-electron chi connectivity index (χ3n) is 6.20. The third kappa shape index (κ3) is 5.80. The molecule has 2 heterocycles. The minimum atomic E-state index is -0.192. The van der Waals surface area contributed by atoms with Crippen LogP contribution < -0.4 is 5.32 Å². The van der Waals surface area contributed by atoms with E-state index < -0.39 is 0 Å². The predicted molar refractivity (Wildman–Crippen MR) is 116 cm³/mol. The standard InChI is InChI=1S/C23H36N4O2/c1-23(2,3)19-9-7-18(8-10-19)22(29)24-16-21(28)27-14-12-26(13-15-27)20-6-5-11-25(4)17-20/h7-10,20H,5-6,11-17H2,1-4H3,(H,24,29). The number of amides is 2. The Balaban J connectivity index is 1.43. The van der Waals surface area contributed by atoms with Gasteiger partial charge in [-0.05, 0) is 49.5 Å². The molecule has 3 rings (SSSR count). The van der Waals surface area contributed by atoms with Crippen LogP contribution in [-0.4, -0.2) is 85.4 Å². The van der Waals surface area contributed by atoms with Crippen LogP contribution in [0.5, 0.6) is 0 Å². The molecule has 160 valence electrons. The molecule has 0 saturated carbocycles. The first-order valence-electron chi connectivity index (χ1n) is 10.8. The maximum Gasteiger partial charge on any atom is 0.251 e. The Bertz CT molecular complexity index is 703. The first kappa shape index (κ1) is 21.8. The van der Waals surface area contributed by atoms with Crippen LogP contribution in [0.4, 0.5) is 0 Å². The third-order valence-corrected chi connectivity index (χ3v) is 6.20. The van der Waals surface area contributed by atoms with E-state index in [1.807, 2.05) is 29.2 Å². The predicted octanol–water partition coefficient (Wildman–Crippen LogP) is 1.95. The van der Waals surface area contributed by atoms with Gasteiger partial charge in [0.15, 0.2) is 0 Å². The average molecular weight is 401 g/mol. The fourth-order valence-electron chi connectivity index (χ4n) is 4.27. The van der Waals surface area contributed by atoms with Gasteiger partial charge >= 0.3 is 0 Å². The van der Waals surface area contributed by atoms with E-state index in [0.717, 1.165) is 32.7 Å². The molecule has 1 atom stereocenters. The smallest absolute Gasteiger partial charge is 0.251 e. The fourth-order valence-corrected chi connectivity index (χ4v) is 4.27. The Morgan fingerprint density at radius 1 is 1.03 bits per heavy atom. The van der Waals surface area contributed by atoms with E-state index in [9.17, 15) is 9.59 Å². The van der Waals surface area contributed by atoms with E-state index in [1.165, 1.54) is 24.9 Å². The van der Waals surface area contributed by atoms with Crippen LogP contribution in [0.15, 0.2) is 24.3 Å². The number of carbonyl (C=O) groups is 2. The average Bonchev–Trinajstić information content (AvgIpc) is 2.71. The van der Waals surface area contributed by atoms with Crippen molar-refractivity contribution in [1.29, 1.82) is 0 Å². The summed E-state index contributed by atoms with van der Waals surface area (Å²) >= 11 is 0. The number of benzene rings is 1. The summed E-state index contributed by atoms with van der Waals surface area (Å²) in [5.41, 5.74) is 1.84. The normalized spacial score (nSPS) is 21.8. The summed E-state index contributed by atoms with van der Waals surface area (Å²) in [7, 11) is 2.19. The number of hydrogen-bond donors (Lipinski definition) is 1. The van der Waals surface area contributed by atoms with Crippen molar-refractivity contribution in [2.45, 2.75) is 45.1 Å². The van der Waals surface area contributed by atoms with Crippen LogP contribution in [0, 0.1) is 0 Å². The Kier molecular flexibility index (Phi) is 6.96. The van der Waals surface area contributed by atoms with Gasteiger partial charge in [0.05, 0.1) is 6.54 Å². The highest BCUT2D eigenvalue weighted by Crippen LogP contribution is 2.22. The number of likely N-dealkylation sites (tertiary alicyclic amines) is 1. The summed E-state index contributed by atoms with van der Waals surface area (Å²) in [5.74, 6) is -0.187. The van der Waals surface area contributed by atoms with E-state index in [-0.39, 0.29) is 23.8 Å². The number of piperidine rings is 1. The molecule has 2 aliphatic heterocycles. The highest BCUT2D eigenvalue weighted by molar-refractivity contribution is 5.96. The summed E-state index contributed by atoms with van der Waals surface area (Å²) in [4.78, 5) is 31.7. The molecule has 29 heavy (non-hydrogen) atoms. The summed E-state index contributed by atoms with van der Waals surface area (Å²) < 4.78 is 0. The van der Waals surface area contributed by atoms with Crippen molar-refractivity contribution in [2.75, 3.05) is 52.9 Å². The highest BCUT2D eigenvalue weighted by Gasteiger charge is 2.28. The van der Waals surface area contributed by atoms with E-state index in [2.05, 4.69) is 42.9 Å². The van der Waals surface area contributed by atoms with Crippen LogP contribution in [0.1, 0.15) is 49.5 Å². The molecule has 6 nitrogen and oxygen atoms in total.